The zero-order chi connectivity index (χ0) is 12.5. The van der Waals surface area contributed by atoms with Gasteiger partial charge in [0.25, 0.3) is 0 Å². The van der Waals surface area contributed by atoms with Crippen LogP contribution in [0.5, 0.6) is 5.75 Å². The van der Waals surface area contributed by atoms with Crippen molar-refractivity contribution in [2.45, 2.75) is 19.3 Å². The second kappa shape index (κ2) is 7.76. The standard InChI is InChI=1S/C15H21NO/c1-16(2)12-7-5-4-6-9-14-10-8-11-15(13-14)17-3/h8,10-11,13H,4,6,9,12H2,1-3H3. The van der Waals surface area contributed by atoms with E-state index in [-0.39, 0.29) is 0 Å². The quantitative estimate of drug-likeness (QED) is 0.570. The Kier molecular flexibility index (Phi) is 6.21. The minimum atomic E-state index is 0.846. The molecule has 0 fully saturated rings. The fourth-order valence-corrected chi connectivity index (χ4v) is 1.51. The molecule has 2 heteroatoms. The van der Waals surface area contributed by atoms with Gasteiger partial charge in [0.05, 0.1) is 13.7 Å². The van der Waals surface area contributed by atoms with Gasteiger partial charge in [-0.25, -0.2) is 0 Å². The van der Waals surface area contributed by atoms with Crippen molar-refractivity contribution in [2.24, 2.45) is 0 Å². The van der Waals surface area contributed by atoms with Crippen LogP contribution in [0.2, 0.25) is 0 Å². The monoisotopic (exact) mass is 231 g/mol. The van der Waals surface area contributed by atoms with Crippen molar-refractivity contribution in [3.8, 4) is 17.6 Å². The highest BCUT2D eigenvalue weighted by molar-refractivity contribution is 5.28. The van der Waals surface area contributed by atoms with Crippen LogP contribution in [0, 0.1) is 11.8 Å². The molecule has 17 heavy (non-hydrogen) atoms. The lowest BCUT2D eigenvalue weighted by Gasteiger charge is -2.03. The van der Waals surface area contributed by atoms with Crippen molar-refractivity contribution in [3.63, 3.8) is 0 Å². The van der Waals surface area contributed by atoms with E-state index in [0.29, 0.717) is 0 Å². The van der Waals surface area contributed by atoms with Crippen LogP contribution in [0.3, 0.4) is 0 Å². The molecule has 0 N–H and O–H groups in total. The van der Waals surface area contributed by atoms with Gasteiger partial charge in [0.2, 0.25) is 0 Å². The number of hydrogen-bond acceptors (Lipinski definition) is 2. The van der Waals surface area contributed by atoms with Crippen LogP contribution in [0.25, 0.3) is 0 Å². The topological polar surface area (TPSA) is 12.5 Å². The molecule has 1 rings (SSSR count). The Morgan fingerprint density at radius 3 is 2.76 bits per heavy atom. The lowest BCUT2D eigenvalue weighted by molar-refractivity contribution is 0.414. The summed E-state index contributed by atoms with van der Waals surface area (Å²) in [6.07, 6.45) is 3.13. The predicted octanol–water partition coefficient (Wildman–Crippen LogP) is 2.58. The number of benzene rings is 1. The molecule has 0 aromatic heterocycles. The molecule has 0 aliphatic heterocycles. The Balaban J connectivity index is 2.27. The molecule has 0 saturated heterocycles. The van der Waals surface area contributed by atoms with Gasteiger partial charge >= 0.3 is 0 Å². The third kappa shape index (κ3) is 5.99. The summed E-state index contributed by atoms with van der Waals surface area (Å²) < 4.78 is 5.19. The Hall–Kier alpha value is -1.46. The van der Waals surface area contributed by atoms with E-state index in [1.54, 1.807) is 7.11 Å². The van der Waals surface area contributed by atoms with Gasteiger partial charge in [0.1, 0.15) is 5.75 Å². The van der Waals surface area contributed by atoms with Crippen LogP contribution in [0.15, 0.2) is 24.3 Å². The zero-order valence-corrected chi connectivity index (χ0v) is 11.0. The van der Waals surface area contributed by atoms with Crippen LogP contribution in [0.4, 0.5) is 0 Å². The van der Waals surface area contributed by atoms with Gasteiger partial charge in [-0.3, -0.25) is 4.90 Å². The molecule has 0 aliphatic rings. The van der Waals surface area contributed by atoms with Gasteiger partial charge in [-0.2, -0.15) is 0 Å². The van der Waals surface area contributed by atoms with Crippen LogP contribution in [0.1, 0.15) is 18.4 Å². The number of aryl methyl sites for hydroxylation is 1. The second-order valence-electron chi connectivity index (χ2n) is 4.30. The average Bonchev–Trinajstić information content (AvgIpc) is 2.33. The maximum atomic E-state index is 5.19. The summed E-state index contributed by atoms with van der Waals surface area (Å²) >= 11 is 0. The molecule has 0 spiro atoms. The highest BCUT2D eigenvalue weighted by Crippen LogP contribution is 2.14. The molecule has 1 aromatic rings. The molecule has 0 bridgehead atoms. The lowest BCUT2D eigenvalue weighted by atomic mass is 10.1. The molecule has 0 unspecified atom stereocenters. The molecule has 0 heterocycles. The van der Waals surface area contributed by atoms with Crippen molar-refractivity contribution in [1.29, 1.82) is 0 Å². The Morgan fingerprint density at radius 2 is 2.06 bits per heavy atom. The molecule has 0 amide bonds. The summed E-state index contributed by atoms with van der Waals surface area (Å²) in [5.74, 6) is 7.27. The van der Waals surface area contributed by atoms with Crippen molar-refractivity contribution in [1.82, 2.24) is 4.90 Å². The first-order chi connectivity index (χ1) is 8.22. The minimum absolute atomic E-state index is 0.846. The van der Waals surface area contributed by atoms with E-state index in [2.05, 4.69) is 28.9 Å². The normalized spacial score (nSPS) is 9.88. The van der Waals surface area contributed by atoms with Gasteiger partial charge in [-0.1, -0.05) is 18.1 Å². The first-order valence-corrected chi connectivity index (χ1v) is 5.96. The first-order valence-electron chi connectivity index (χ1n) is 5.96. The molecule has 2 nitrogen and oxygen atoms in total. The van der Waals surface area contributed by atoms with E-state index in [4.69, 9.17) is 4.74 Å². The molecule has 0 saturated carbocycles. The van der Waals surface area contributed by atoms with Gasteiger partial charge in [-0.15, -0.1) is 5.92 Å². The van der Waals surface area contributed by atoms with Crippen LogP contribution >= 0.6 is 0 Å². The van der Waals surface area contributed by atoms with E-state index in [9.17, 15) is 0 Å². The van der Waals surface area contributed by atoms with Gasteiger partial charge in [0, 0.05) is 6.42 Å². The molecule has 0 atom stereocenters. The third-order valence-corrected chi connectivity index (χ3v) is 2.42. The van der Waals surface area contributed by atoms with Crippen molar-refractivity contribution in [3.05, 3.63) is 29.8 Å². The molecule has 0 aliphatic carbocycles. The number of methoxy groups -OCH3 is 1. The van der Waals surface area contributed by atoms with E-state index in [0.717, 1.165) is 31.6 Å². The predicted molar refractivity (Wildman–Crippen MR) is 72.3 cm³/mol. The maximum Gasteiger partial charge on any atom is 0.119 e. The number of ether oxygens (including phenoxy) is 1. The van der Waals surface area contributed by atoms with Crippen molar-refractivity contribution < 1.29 is 4.74 Å². The molecular formula is C15H21NO. The summed E-state index contributed by atoms with van der Waals surface area (Å²) in [6, 6.07) is 8.23. The van der Waals surface area contributed by atoms with E-state index in [1.165, 1.54) is 5.56 Å². The van der Waals surface area contributed by atoms with Crippen molar-refractivity contribution >= 4 is 0 Å². The lowest BCUT2D eigenvalue weighted by Crippen LogP contribution is -2.10. The SMILES string of the molecule is COc1cccc(CCCC#CCN(C)C)c1. The second-order valence-corrected chi connectivity index (χ2v) is 4.30. The number of nitrogens with zero attached hydrogens (tertiary/aromatic N) is 1. The fourth-order valence-electron chi connectivity index (χ4n) is 1.51. The maximum absolute atomic E-state index is 5.19. The Labute approximate surface area is 105 Å². The highest BCUT2D eigenvalue weighted by Gasteiger charge is 1.95. The summed E-state index contributed by atoms with van der Waals surface area (Å²) in [5.41, 5.74) is 1.32. The van der Waals surface area contributed by atoms with Crippen LogP contribution < -0.4 is 4.74 Å². The van der Waals surface area contributed by atoms with Gasteiger partial charge in [0.15, 0.2) is 0 Å². The minimum Gasteiger partial charge on any atom is -0.497 e. The number of rotatable bonds is 5. The molecular weight excluding hydrogens is 210 g/mol. The zero-order valence-electron chi connectivity index (χ0n) is 11.0. The smallest absolute Gasteiger partial charge is 0.119 e. The van der Waals surface area contributed by atoms with E-state index in [1.807, 2.05) is 26.2 Å². The molecule has 92 valence electrons. The number of unbranched alkanes of at least 4 members (excludes halogenated alkanes) is 1. The summed E-state index contributed by atoms with van der Waals surface area (Å²) in [4.78, 5) is 2.08. The van der Waals surface area contributed by atoms with E-state index >= 15 is 0 Å². The van der Waals surface area contributed by atoms with Crippen molar-refractivity contribution in [2.75, 3.05) is 27.7 Å². The third-order valence-electron chi connectivity index (χ3n) is 2.42. The largest absolute Gasteiger partial charge is 0.497 e. The molecule has 1 aromatic carbocycles. The van der Waals surface area contributed by atoms with E-state index < -0.39 is 0 Å². The van der Waals surface area contributed by atoms with Crippen LogP contribution in [-0.4, -0.2) is 32.6 Å². The average molecular weight is 231 g/mol. The summed E-state index contributed by atoms with van der Waals surface area (Å²) in [6.45, 7) is 0.846. The van der Waals surface area contributed by atoms with Crippen LogP contribution in [-0.2, 0) is 6.42 Å². The Morgan fingerprint density at radius 1 is 1.24 bits per heavy atom. The highest BCUT2D eigenvalue weighted by atomic mass is 16.5. The Bertz CT molecular complexity index is 387. The first kappa shape index (κ1) is 13.6. The van der Waals surface area contributed by atoms with Gasteiger partial charge in [-0.05, 0) is 44.6 Å². The molecule has 0 radical (unpaired) electrons. The summed E-state index contributed by atoms with van der Waals surface area (Å²) in [7, 11) is 5.77. The van der Waals surface area contributed by atoms with Gasteiger partial charge < -0.3 is 4.74 Å². The summed E-state index contributed by atoms with van der Waals surface area (Å²) in [5, 5.41) is 0. The fraction of sp³-hybridized carbons (Fsp3) is 0.467. The number of hydrogen-bond donors (Lipinski definition) is 0.